The zero-order valence-corrected chi connectivity index (χ0v) is 9.35. The number of carbonyl (C=O) groups excluding carboxylic acids is 1. The molecule has 1 aromatic carbocycles. The lowest BCUT2D eigenvalue weighted by molar-refractivity contribution is -0.134. The molecule has 3 nitrogen and oxygen atoms in total. The van der Waals surface area contributed by atoms with Crippen LogP contribution in [0.4, 0.5) is 0 Å². The summed E-state index contributed by atoms with van der Waals surface area (Å²) in [5.74, 6) is 0.187. The lowest BCUT2D eigenvalue weighted by Crippen LogP contribution is -2.06. The number of allylic oxidation sites excluding steroid dienone is 2. The van der Waals surface area contributed by atoms with Crippen LogP contribution in [0.5, 0.6) is 11.5 Å². The molecule has 1 rings (SSSR count). The summed E-state index contributed by atoms with van der Waals surface area (Å²) in [6, 6.07) is 6.22. The van der Waals surface area contributed by atoms with Crippen molar-refractivity contribution >= 4 is 5.97 Å². The van der Waals surface area contributed by atoms with Crippen molar-refractivity contribution in [3.8, 4) is 11.5 Å². The molecule has 0 aromatic heterocycles. The van der Waals surface area contributed by atoms with E-state index in [9.17, 15) is 4.79 Å². The third-order valence-electron chi connectivity index (χ3n) is 1.97. The smallest absolute Gasteiger partial charge is 0.311 e. The van der Waals surface area contributed by atoms with E-state index >= 15 is 0 Å². The van der Waals surface area contributed by atoms with Gasteiger partial charge in [0.25, 0.3) is 0 Å². The topological polar surface area (TPSA) is 46.5 Å². The first-order chi connectivity index (χ1) is 7.72. The van der Waals surface area contributed by atoms with Gasteiger partial charge in [-0.25, -0.2) is 0 Å². The molecule has 0 atom stereocenters. The van der Waals surface area contributed by atoms with Crippen molar-refractivity contribution in [2.75, 3.05) is 0 Å². The van der Waals surface area contributed by atoms with Crippen LogP contribution >= 0.6 is 0 Å². The number of carbonyl (C=O) groups is 1. The molecule has 0 spiro atoms. The second-order valence-electron chi connectivity index (χ2n) is 3.39. The van der Waals surface area contributed by atoms with Crippen LogP contribution in [0.2, 0.25) is 0 Å². The molecule has 86 valence electrons. The van der Waals surface area contributed by atoms with E-state index in [1.54, 1.807) is 12.1 Å². The molecule has 0 aliphatic heterocycles. The van der Waals surface area contributed by atoms with Gasteiger partial charge in [0.2, 0.25) is 0 Å². The zero-order chi connectivity index (χ0) is 11.8. The Balaban J connectivity index is 2.37. The van der Waals surface area contributed by atoms with E-state index in [1.165, 1.54) is 12.1 Å². The van der Waals surface area contributed by atoms with Crippen LogP contribution in [0.3, 0.4) is 0 Å². The van der Waals surface area contributed by atoms with Crippen LogP contribution in [0, 0.1) is 0 Å². The molecular weight excluding hydrogens is 204 g/mol. The number of benzene rings is 1. The minimum Gasteiger partial charge on any atom is -0.508 e. The lowest BCUT2D eigenvalue weighted by Gasteiger charge is -2.03. The maximum Gasteiger partial charge on any atom is 0.311 e. The minimum atomic E-state index is -0.286. The molecule has 1 aromatic rings. The Morgan fingerprint density at radius 1 is 1.44 bits per heavy atom. The van der Waals surface area contributed by atoms with Gasteiger partial charge in [-0.1, -0.05) is 25.1 Å². The van der Waals surface area contributed by atoms with Gasteiger partial charge in [0.05, 0.1) is 0 Å². The van der Waals surface area contributed by atoms with Crippen molar-refractivity contribution in [3.63, 3.8) is 0 Å². The molecule has 3 heteroatoms. The molecule has 16 heavy (non-hydrogen) atoms. The predicted octanol–water partition coefficient (Wildman–Crippen LogP) is 3.04. The number of phenols is 1. The molecule has 0 fully saturated rings. The van der Waals surface area contributed by atoms with Gasteiger partial charge >= 0.3 is 5.97 Å². The summed E-state index contributed by atoms with van der Waals surface area (Å²) in [6.45, 7) is 2.04. The minimum absolute atomic E-state index is 0.0937. The standard InChI is InChI=1S/C13H16O3/c1-2-3-4-5-9-13(15)16-12-8-6-7-11(14)10-12/h3-4,6-8,10,14H,2,5,9H2,1H3. The average molecular weight is 220 g/mol. The number of phenolic OH excluding ortho intramolecular Hbond substituents is 1. The van der Waals surface area contributed by atoms with Crippen LogP contribution in [-0.2, 0) is 4.79 Å². The number of esters is 1. The Morgan fingerprint density at radius 3 is 2.94 bits per heavy atom. The van der Waals surface area contributed by atoms with Crippen molar-refractivity contribution in [1.82, 2.24) is 0 Å². The van der Waals surface area contributed by atoms with Gasteiger partial charge in [-0.15, -0.1) is 0 Å². The number of hydrogen-bond donors (Lipinski definition) is 1. The highest BCUT2D eigenvalue weighted by atomic mass is 16.5. The maximum absolute atomic E-state index is 11.3. The van der Waals surface area contributed by atoms with E-state index in [-0.39, 0.29) is 11.7 Å². The van der Waals surface area contributed by atoms with Gasteiger partial charge in [0.15, 0.2) is 0 Å². The highest BCUT2D eigenvalue weighted by Crippen LogP contribution is 2.18. The van der Waals surface area contributed by atoms with Crippen LogP contribution in [-0.4, -0.2) is 11.1 Å². The third kappa shape index (κ3) is 4.64. The first-order valence-electron chi connectivity index (χ1n) is 5.37. The normalized spacial score (nSPS) is 10.6. The number of hydrogen-bond acceptors (Lipinski definition) is 3. The van der Waals surface area contributed by atoms with Gasteiger partial charge in [0.1, 0.15) is 11.5 Å². The predicted molar refractivity (Wildman–Crippen MR) is 62.4 cm³/mol. The van der Waals surface area contributed by atoms with Crippen LogP contribution < -0.4 is 4.74 Å². The Labute approximate surface area is 95.4 Å². The molecule has 0 heterocycles. The van der Waals surface area contributed by atoms with E-state index in [1.807, 2.05) is 19.1 Å². The Bertz CT molecular complexity index is 369. The van der Waals surface area contributed by atoms with Crippen molar-refractivity contribution in [2.24, 2.45) is 0 Å². The highest BCUT2D eigenvalue weighted by molar-refractivity contribution is 5.72. The molecule has 0 aliphatic rings. The number of aromatic hydroxyl groups is 1. The van der Waals surface area contributed by atoms with Gasteiger partial charge in [-0.3, -0.25) is 4.79 Å². The van der Waals surface area contributed by atoms with E-state index in [0.717, 1.165) is 6.42 Å². The quantitative estimate of drug-likeness (QED) is 0.471. The van der Waals surface area contributed by atoms with E-state index in [0.29, 0.717) is 18.6 Å². The van der Waals surface area contributed by atoms with Crippen LogP contribution in [0.25, 0.3) is 0 Å². The summed E-state index contributed by atoms with van der Waals surface area (Å²) < 4.78 is 5.04. The fourth-order valence-corrected chi connectivity index (χ4v) is 1.22. The molecule has 1 N–H and O–H groups in total. The molecular formula is C13H16O3. The number of rotatable bonds is 5. The van der Waals surface area contributed by atoms with E-state index in [4.69, 9.17) is 9.84 Å². The van der Waals surface area contributed by atoms with Crippen molar-refractivity contribution in [3.05, 3.63) is 36.4 Å². The van der Waals surface area contributed by atoms with E-state index in [2.05, 4.69) is 0 Å². The fraction of sp³-hybridized carbons (Fsp3) is 0.308. The molecule has 0 radical (unpaired) electrons. The van der Waals surface area contributed by atoms with Gasteiger partial charge in [-0.05, 0) is 25.0 Å². The first-order valence-corrected chi connectivity index (χ1v) is 5.37. The second kappa shape index (κ2) is 6.67. The lowest BCUT2D eigenvalue weighted by atomic mass is 10.2. The average Bonchev–Trinajstić information content (AvgIpc) is 2.24. The Kier molecular flexibility index (Phi) is 5.12. The SMILES string of the molecule is CCC=CCCC(=O)Oc1cccc(O)c1. The fourth-order valence-electron chi connectivity index (χ4n) is 1.22. The van der Waals surface area contributed by atoms with Gasteiger partial charge in [0, 0.05) is 12.5 Å². The van der Waals surface area contributed by atoms with Crippen molar-refractivity contribution in [1.29, 1.82) is 0 Å². The molecule has 0 saturated carbocycles. The van der Waals surface area contributed by atoms with E-state index < -0.39 is 0 Å². The van der Waals surface area contributed by atoms with Gasteiger partial charge in [-0.2, -0.15) is 0 Å². The van der Waals surface area contributed by atoms with Crippen LogP contribution in [0.1, 0.15) is 26.2 Å². The van der Waals surface area contributed by atoms with Crippen LogP contribution in [0.15, 0.2) is 36.4 Å². The summed E-state index contributed by atoms with van der Waals surface area (Å²) in [7, 11) is 0. The summed E-state index contributed by atoms with van der Waals surface area (Å²) in [4.78, 5) is 11.3. The highest BCUT2D eigenvalue weighted by Gasteiger charge is 2.03. The third-order valence-corrected chi connectivity index (χ3v) is 1.97. The van der Waals surface area contributed by atoms with Gasteiger partial charge < -0.3 is 9.84 Å². The largest absolute Gasteiger partial charge is 0.508 e. The number of ether oxygens (including phenoxy) is 1. The molecule has 0 unspecified atom stereocenters. The summed E-state index contributed by atoms with van der Waals surface area (Å²) in [6.07, 6.45) is 5.99. The molecule has 0 amide bonds. The molecule has 0 aliphatic carbocycles. The first kappa shape index (κ1) is 12.3. The molecule has 0 saturated heterocycles. The summed E-state index contributed by atoms with van der Waals surface area (Å²) in [5.41, 5.74) is 0. The summed E-state index contributed by atoms with van der Waals surface area (Å²) >= 11 is 0. The Hall–Kier alpha value is -1.77. The molecule has 0 bridgehead atoms. The Morgan fingerprint density at radius 2 is 2.25 bits per heavy atom. The van der Waals surface area contributed by atoms with Crippen molar-refractivity contribution in [2.45, 2.75) is 26.2 Å². The maximum atomic E-state index is 11.3. The van der Waals surface area contributed by atoms with Crippen molar-refractivity contribution < 1.29 is 14.6 Å². The monoisotopic (exact) mass is 220 g/mol. The summed E-state index contributed by atoms with van der Waals surface area (Å²) in [5, 5.41) is 9.17. The zero-order valence-electron chi connectivity index (χ0n) is 9.35. The second-order valence-corrected chi connectivity index (χ2v) is 3.39.